The Kier molecular flexibility index (Phi) is 1.72. The van der Waals surface area contributed by atoms with E-state index in [2.05, 4.69) is 9.97 Å². The third kappa shape index (κ3) is 1.19. The molecule has 0 radical (unpaired) electrons. The molecule has 0 saturated heterocycles. The number of nitrogen functional groups attached to an aromatic ring is 1. The molecule has 74 valence electrons. The number of nitrogens with zero attached hydrogens (tertiary/aromatic N) is 2. The van der Waals surface area contributed by atoms with Crippen LogP contribution in [0.3, 0.4) is 0 Å². The number of aromatic nitrogens is 2. The summed E-state index contributed by atoms with van der Waals surface area (Å²) >= 11 is 0. The highest BCUT2D eigenvalue weighted by molar-refractivity contribution is 5.30. The molecule has 2 aliphatic rings. The molecule has 2 N–H and O–H groups in total. The van der Waals surface area contributed by atoms with Gasteiger partial charge >= 0.3 is 0 Å². The van der Waals surface area contributed by atoms with Gasteiger partial charge in [0.25, 0.3) is 0 Å². The van der Waals surface area contributed by atoms with Gasteiger partial charge in [-0.15, -0.1) is 0 Å². The Bertz CT molecular complexity index is 333. The Hall–Kier alpha value is -1.12. The lowest BCUT2D eigenvalue weighted by molar-refractivity contribution is 0.405. The first-order valence-corrected chi connectivity index (χ1v) is 5.40. The summed E-state index contributed by atoms with van der Waals surface area (Å²) in [4.78, 5) is 8.69. The van der Waals surface area contributed by atoms with E-state index in [9.17, 15) is 0 Å². The van der Waals surface area contributed by atoms with Crippen molar-refractivity contribution in [3.63, 3.8) is 0 Å². The predicted octanol–water partition coefficient (Wildman–Crippen LogP) is 1.96. The van der Waals surface area contributed by atoms with Crippen molar-refractivity contribution in [2.24, 2.45) is 11.8 Å². The Morgan fingerprint density at radius 2 is 1.93 bits per heavy atom. The fraction of sp³-hybridized carbons (Fsp3) is 0.636. The summed E-state index contributed by atoms with van der Waals surface area (Å²) in [5.41, 5.74) is 6.24. The lowest BCUT2D eigenvalue weighted by Gasteiger charge is -2.19. The van der Waals surface area contributed by atoms with Crippen LogP contribution in [0.1, 0.15) is 37.4 Å². The minimum absolute atomic E-state index is 0.620. The number of anilines is 1. The normalized spacial score (nSPS) is 35.0. The lowest BCUT2D eigenvalue weighted by atomic mass is 9.88. The molecule has 2 saturated carbocycles. The molecule has 14 heavy (non-hydrogen) atoms. The molecule has 0 spiro atoms. The minimum Gasteiger partial charge on any atom is -0.396 e. The van der Waals surface area contributed by atoms with Crippen molar-refractivity contribution >= 4 is 5.69 Å². The summed E-state index contributed by atoms with van der Waals surface area (Å²) < 4.78 is 0. The van der Waals surface area contributed by atoms with E-state index in [-0.39, 0.29) is 0 Å². The van der Waals surface area contributed by atoms with Gasteiger partial charge in [-0.3, -0.25) is 0 Å². The number of hydrogen-bond acceptors (Lipinski definition) is 3. The maximum atomic E-state index is 5.58. The van der Waals surface area contributed by atoms with Crippen LogP contribution in [0, 0.1) is 11.8 Å². The van der Waals surface area contributed by atoms with Gasteiger partial charge in [-0.1, -0.05) is 6.42 Å². The van der Waals surface area contributed by atoms with Crippen LogP contribution in [0.15, 0.2) is 12.4 Å². The summed E-state index contributed by atoms with van der Waals surface area (Å²) in [6, 6.07) is 0. The fourth-order valence-corrected chi connectivity index (χ4v) is 3.10. The molecular formula is C11H15N3. The van der Waals surface area contributed by atoms with Crippen molar-refractivity contribution in [3.05, 3.63) is 18.2 Å². The van der Waals surface area contributed by atoms with Gasteiger partial charge in [0.05, 0.1) is 18.1 Å². The van der Waals surface area contributed by atoms with Gasteiger partial charge in [-0.25, -0.2) is 9.97 Å². The first-order chi connectivity index (χ1) is 6.83. The number of fused-ring (bicyclic) bond motifs is 2. The molecule has 2 aliphatic carbocycles. The second-order valence-electron chi connectivity index (χ2n) is 4.66. The highest BCUT2D eigenvalue weighted by atomic mass is 14.9. The van der Waals surface area contributed by atoms with Crippen LogP contribution < -0.4 is 5.73 Å². The maximum absolute atomic E-state index is 5.58. The Balaban J connectivity index is 1.86. The number of rotatable bonds is 1. The fourth-order valence-electron chi connectivity index (χ4n) is 3.10. The van der Waals surface area contributed by atoms with E-state index < -0.39 is 0 Å². The summed E-state index contributed by atoms with van der Waals surface area (Å²) in [5, 5.41) is 0. The maximum Gasteiger partial charge on any atom is 0.131 e. The van der Waals surface area contributed by atoms with E-state index >= 15 is 0 Å². The molecule has 1 heterocycles. The largest absolute Gasteiger partial charge is 0.396 e. The molecule has 1 aromatic rings. The molecule has 0 amide bonds. The Labute approximate surface area is 83.8 Å². The molecular weight excluding hydrogens is 174 g/mol. The standard InChI is InChI=1S/C11H15N3/c12-9-5-13-11(14-6-9)10-4-7-1-2-8(10)3-7/h5-8,10H,1-4,12H2. The highest BCUT2D eigenvalue weighted by Crippen LogP contribution is 2.51. The first-order valence-electron chi connectivity index (χ1n) is 5.40. The van der Waals surface area contributed by atoms with Crippen molar-refractivity contribution in [1.82, 2.24) is 9.97 Å². The molecule has 0 aromatic carbocycles. The van der Waals surface area contributed by atoms with Crippen LogP contribution in [0.2, 0.25) is 0 Å². The van der Waals surface area contributed by atoms with Crippen LogP contribution in [0.5, 0.6) is 0 Å². The van der Waals surface area contributed by atoms with E-state index in [0.29, 0.717) is 11.6 Å². The molecule has 3 nitrogen and oxygen atoms in total. The smallest absolute Gasteiger partial charge is 0.131 e. The van der Waals surface area contributed by atoms with E-state index in [1.165, 1.54) is 25.7 Å². The molecule has 0 aliphatic heterocycles. The Morgan fingerprint density at radius 3 is 2.50 bits per heavy atom. The molecule has 3 unspecified atom stereocenters. The van der Waals surface area contributed by atoms with Gasteiger partial charge in [0.15, 0.2) is 0 Å². The predicted molar refractivity (Wildman–Crippen MR) is 54.6 cm³/mol. The molecule has 2 fully saturated rings. The minimum atomic E-state index is 0.620. The molecule has 3 heteroatoms. The molecule has 3 rings (SSSR count). The van der Waals surface area contributed by atoms with Gasteiger partial charge in [-0.05, 0) is 31.1 Å². The van der Waals surface area contributed by atoms with E-state index in [1.54, 1.807) is 12.4 Å². The molecule has 2 bridgehead atoms. The van der Waals surface area contributed by atoms with Gasteiger partial charge in [0.2, 0.25) is 0 Å². The van der Waals surface area contributed by atoms with Gasteiger partial charge in [0, 0.05) is 5.92 Å². The van der Waals surface area contributed by atoms with Gasteiger partial charge < -0.3 is 5.73 Å². The van der Waals surface area contributed by atoms with Crippen molar-refractivity contribution in [2.45, 2.75) is 31.6 Å². The molecule has 1 aromatic heterocycles. The van der Waals surface area contributed by atoms with Crippen molar-refractivity contribution < 1.29 is 0 Å². The second kappa shape index (κ2) is 2.94. The van der Waals surface area contributed by atoms with Crippen LogP contribution in [0.25, 0.3) is 0 Å². The van der Waals surface area contributed by atoms with Crippen molar-refractivity contribution in [3.8, 4) is 0 Å². The van der Waals surface area contributed by atoms with Crippen LogP contribution in [0.4, 0.5) is 5.69 Å². The summed E-state index contributed by atoms with van der Waals surface area (Å²) in [6.07, 6.45) is 8.97. The third-order valence-corrected chi connectivity index (χ3v) is 3.76. The average Bonchev–Trinajstić information content (AvgIpc) is 2.80. The monoisotopic (exact) mass is 189 g/mol. The average molecular weight is 189 g/mol. The third-order valence-electron chi connectivity index (χ3n) is 3.76. The van der Waals surface area contributed by atoms with E-state index in [4.69, 9.17) is 5.73 Å². The quantitative estimate of drug-likeness (QED) is 0.734. The topological polar surface area (TPSA) is 51.8 Å². The van der Waals surface area contributed by atoms with Gasteiger partial charge in [-0.2, -0.15) is 0 Å². The molecule has 3 atom stereocenters. The number of nitrogens with two attached hydrogens (primary N) is 1. The van der Waals surface area contributed by atoms with Crippen molar-refractivity contribution in [2.75, 3.05) is 5.73 Å². The second-order valence-corrected chi connectivity index (χ2v) is 4.66. The van der Waals surface area contributed by atoms with Crippen LogP contribution in [-0.4, -0.2) is 9.97 Å². The van der Waals surface area contributed by atoms with E-state index in [0.717, 1.165) is 17.7 Å². The zero-order valence-corrected chi connectivity index (χ0v) is 8.19. The first kappa shape index (κ1) is 8.21. The lowest BCUT2D eigenvalue weighted by Crippen LogP contribution is -2.12. The zero-order valence-electron chi connectivity index (χ0n) is 8.19. The van der Waals surface area contributed by atoms with E-state index in [1.807, 2.05) is 0 Å². The summed E-state index contributed by atoms with van der Waals surface area (Å²) in [6.45, 7) is 0. The zero-order chi connectivity index (χ0) is 9.54. The number of hydrogen-bond donors (Lipinski definition) is 1. The SMILES string of the molecule is Nc1cnc(C2CC3CCC2C3)nc1. The summed E-state index contributed by atoms with van der Waals surface area (Å²) in [5.74, 6) is 3.44. The van der Waals surface area contributed by atoms with Crippen molar-refractivity contribution in [1.29, 1.82) is 0 Å². The Morgan fingerprint density at radius 1 is 1.14 bits per heavy atom. The van der Waals surface area contributed by atoms with Gasteiger partial charge in [0.1, 0.15) is 5.82 Å². The van der Waals surface area contributed by atoms with Crippen LogP contribution in [-0.2, 0) is 0 Å². The van der Waals surface area contributed by atoms with Crippen LogP contribution >= 0.6 is 0 Å². The highest BCUT2D eigenvalue weighted by Gasteiger charge is 2.41. The summed E-state index contributed by atoms with van der Waals surface area (Å²) in [7, 11) is 0.